The molecule has 1 aliphatic heterocycles. The Kier molecular flexibility index (Phi) is 3.96. The molecule has 0 spiro atoms. The fraction of sp³-hybridized carbons (Fsp3) is 0.500. The van der Waals surface area contributed by atoms with Gasteiger partial charge in [-0.05, 0) is 12.1 Å². The average molecular weight is 240 g/mol. The highest BCUT2D eigenvalue weighted by molar-refractivity contribution is 5.21. The van der Waals surface area contributed by atoms with Crippen molar-refractivity contribution in [3.8, 4) is 5.75 Å². The van der Waals surface area contributed by atoms with Gasteiger partial charge in [-0.1, -0.05) is 18.2 Å². The van der Waals surface area contributed by atoms with E-state index in [0.29, 0.717) is 5.75 Å². The van der Waals surface area contributed by atoms with E-state index in [9.17, 15) is 10.2 Å². The molecule has 0 unspecified atom stereocenters. The molecular weight excluding hydrogens is 224 g/mol. The van der Waals surface area contributed by atoms with Gasteiger partial charge in [0.05, 0.1) is 12.7 Å². The molecule has 0 saturated carbocycles. The molecule has 2 rings (SSSR count). The topological polar surface area (TPSA) is 79.2 Å². The largest absolute Gasteiger partial charge is 0.465 e. The van der Waals surface area contributed by atoms with E-state index in [-0.39, 0.29) is 13.0 Å². The van der Waals surface area contributed by atoms with Crippen LogP contribution in [0.15, 0.2) is 30.3 Å². The van der Waals surface area contributed by atoms with E-state index in [0.717, 1.165) is 0 Å². The number of hydrogen-bond acceptors (Lipinski definition) is 5. The van der Waals surface area contributed by atoms with Gasteiger partial charge in [-0.3, -0.25) is 0 Å². The van der Waals surface area contributed by atoms with Crippen molar-refractivity contribution in [2.45, 2.75) is 31.0 Å². The van der Waals surface area contributed by atoms with Gasteiger partial charge in [-0.25, -0.2) is 0 Å². The van der Waals surface area contributed by atoms with Gasteiger partial charge in [-0.2, -0.15) is 0 Å². The Balaban J connectivity index is 1.98. The van der Waals surface area contributed by atoms with Crippen LogP contribution in [0.4, 0.5) is 0 Å². The molecule has 4 atom stereocenters. The van der Waals surface area contributed by atoms with Crippen LogP contribution >= 0.6 is 0 Å². The minimum Gasteiger partial charge on any atom is -0.465 e. The summed E-state index contributed by atoms with van der Waals surface area (Å²) in [6.07, 6.45) is -3.32. The second-order valence-corrected chi connectivity index (χ2v) is 4.01. The minimum absolute atomic E-state index is 0.173. The molecule has 0 aliphatic carbocycles. The summed E-state index contributed by atoms with van der Waals surface area (Å²) < 4.78 is 10.8. The average Bonchev–Trinajstić information content (AvgIpc) is 2.35. The van der Waals surface area contributed by atoms with Crippen molar-refractivity contribution in [1.82, 2.24) is 0 Å². The number of aliphatic hydroxyl groups excluding tert-OH is 3. The van der Waals surface area contributed by atoms with E-state index >= 15 is 0 Å². The fourth-order valence-corrected chi connectivity index (χ4v) is 1.79. The maximum Gasteiger partial charge on any atom is 0.202 e. The van der Waals surface area contributed by atoms with Crippen molar-refractivity contribution in [2.24, 2.45) is 0 Å². The first-order valence-electron chi connectivity index (χ1n) is 5.55. The molecule has 1 saturated heterocycles. The lowest BCUT2D eigenvalue weighted by atomic mass is 10.0. The first kappa shape index (κ1) is 12.3. The van der Waals surface area contributed by atoms with Crippen LogP contribution < -0.4 is 4.74 Å². The molecule has 5 heteroatoms. The van der Waals surface area contributed by atoms with Crippen molar-refractivity contribution in [2.75, 3.05) is 6.61 Å². The third kappa shape index (κ3) is 2.95. The lowest BCUT2D eigenvalue weighted by molar-refractivity contribution is -0.229. The molecule has 1 heterocycles. The summed E-state index contributed by atoms with van der Waals surface area (Å²) in [5, 5.41) is 28.1. The lowest BCUT2D eigenvalue weighted by Gasteiger charge is -2.36. The van der Waals surface area contributed by atoms with E-state index in [1.54, 1.807) is 12.1 Å². The number of hydrogen-bond donors (Lipinski definition) is 3. The molecule has 1 aromatic carbocycles. The van der Waals surface area contributed by atoms with E-state index in [1.165, 1.54) is 0 Å². The summed E-state index contributed by atoms with van der Waals surface area (Å²) in [7, 11) is 0. The Labute approximate surface area is 99.2 Å². The van der Waals surface area contributed by atoms with Crippen LogP contribution in [-0.4, -0.2) is 46.5 Å². The van der Waals surface area contributed by atoms with Gasteiger partial charge in [0.2, 0.25) is 6.29 Å². The summed E-state index contributed by atoms with van der Waals surface area (Å²) in [6.45, 7) is -0.354. The molecule has 1 aliphatic rings. The van der Waals surface area contributed by atoms with Gasteiger partial charge in [0.25, 0.3) is 0 Å². The van der Waals surface area contributed by atoms with Crippen molar-refractivity contribution >= 4 is 0 Å². The molecule has 1 fully saturated rings. The van der Waals surface area contributed by atoms with Crippen LogP contribution in [0.1, 0.15) is 6.42 Å². The van der Waals surface area contributed by atoms with Crippen LogP contribution in [0.25, 0.3) is 0 Å². The second kappa shape index (κ2) is 5.46. The van der Waals surface area contributed by atoms with Gasteiger partial charge in [0.1, 0.15) is 18.0 Å². The fourth-order valence-electron chi connectivity index (χ4n) is 1.79. The van der Waals surface area contributed by atoms with Crippen molar-refractivity contribution in [3.63, 3.8) is 0 Å². The molecule has 0 radical (unpaired) electrons. The highest BCUT2D eigenvalue weighted by Crippen LogP contribution is 2.23. The maximum atomic E-state index is 9.61. The molecule has 0 bridgehead atoms. The van der Waals surface area contributed by atoms with Crippen LogP contribution in [0.5, 0.6) is 5.75 Å². The third-order valence-electron chi connectivity index (χ3n) is 2.73. The summed E-state index contributed by atoms with van der Waals surface area (Å²) in [6, 6.07) is 9.06. The molecule has 1 aromatic rings. The zero-order valence-electron chi connectivity index (χ0n) is 9.27. The van der Waals surface area contributed by atoms with E-state index in [2.05, 4.69) is 0 Å². The molecule has 0 aromatic heterocycles. The number of ether oxygens (including phenoxy) is 2. The maximum absolute atomic E-state index is 9.61. The second-order valence-electron chi connectivity index (χ2n) is 4.01. The number of aliphatic hydroxyl groups is 3. The Morgan fingerprint density at radius 2 is 1.94 bits per heavy atom. The zero-order valence-corrected chi connectivity index (χ0v) is 9.27. The van der Waals surface area contributed by atoms with E-state index < -0.39 is 24.6 Å². The SMILES string of the molecule is OC[C@H]1O[C@@H](Oc2ccccc2)C[C@@H](O)[C@@H]1O. The van der Waals surface area contributed by atoms with E-state index in [4.69, 9.17) is 14.6 Å². The van der Waals surface area contributed by atoms with Crippen molar-refractivity contribution < 1.29 is 24.8 Å². The molecule has 0 amide bonds. The summed E-state index contributed by atoms with van der Waals surface area (Å²) in [5.74, 6) is 0.623. The van der Waals surface area contributed by atoms with Crippen molar-refractivity contribution in [1.29, 1.82) is 0 Å². The summed E-state index contributed by atoms with van der Waals surface area (Å²) in [4.78, 5) is 0. The van der Waals surface area contributed by atoms with Crippen LogP contribution in [-0.2, 0) is 4.74 Å². The molecule has 17 heavy (non-hydrogen) atoms. The number of para-hydroxylation sites is 1. The highest BCUT2D eigenvalue weighted by Gasteiger charge is 2.37. The standard InChI is InChI=1S/C12H16O5/c13-7-10-12(15)9(14)6-11(17-10)16-8-4-2-1-3-5-8/h1-5,9-15H,6-7H2/t9-,10-,11-,12+/m1/s1. The molecule has 5 nitrogen and oxygen atoms in total. The monoisotopic (exact) mass is 240 g/mol. The highest BCUT2D eigenvalue weighted by atomic mass is 16.7. The van der Waals surface area contributed by atoms with Gasteiger partial charge >= 0.3 is 0 Å². The van der Waals surface area contributed by atoms with Crippen LogP contribution in [0.2, 0.25) is 0 Å². The molecule has 94 valence electrons. The summed E-state index contributed by atoms with van der Waals surface area (Å²) in [5.41, 5.74) is 0. The van der Waals surface area contributed by atoms with Crippen molar-refractivity contribution in [3.05, 3.63) is 30.3 Å². The smallest absolute Gasteiger partial charge is 0.202 e. The van der Waals surface area contributed by atoms with Gasteiger partial charge in [0.15, 0.2) is 0 Å². The molecular formula is C12H16O5. The lowest BCUT2D eigenvalue weighted by Crippen LogP contribution is -2.51. The zero-order chi connectivity index (χ0) is 12.3. The first-order valence-corrected chi connectivity index (χ1v) is 5.55. The number of rotatable bonds is 3. The Hall–Kier alpha value is -1.14. The van der Waals surface area contributed by atoms with Gasteiger partial charge < -0.3 is 24.8 Å². The quantitative estimate of drug-likeness (QED) is 0.687. The Bertz CT molecular complexity index is 342. The first-order chi connectivity index (χ1) is 8.20. The van der Waals surface area contributed by atoms with Crippen LogP contribution in [0, 0.1) is 0 Å². The Morgan fingerprint density at radius 1 is 1.24 bits per heavy atom. The molecule has 3 N–H and O–H groups in total. The normalized spacial score (nSPS) is 33.4. The minimum atomic E-state index is -1.07. The predicted molar refractivity (Wildman–Crippen MR) is 59.4 cm³/mol. The summed E-state index contributed by atoms with van der Waals surface area (Å²) >= 11 is 0. The third-order valence-corrected chi connectivity index (χ3v) is 2.73. The number of benzene rings is 1. The van der Waals surface area contributed by atoms with Crippen LogP contribution in [0.3, 0.4) is 0 Å². The Morgan fingerprint density at radius 3 is 2.59 bits per heavy atom. The van der Waals surface area contributed by atoms with Gasteiger partial charge in [-0.15, -0.1) is 0 Å². The van der Waals surface area contributed by atoms with Gasteiger partial charge in [0, 0.05) is 6.42 Å². The van der Waals surface area contributed by atoms with E-state index in [1.807, 2.05) is 18.2 Å². The predicted octanol–water partition coefficient (Wildman–Crippen LogP) is -0.106.